The van der Waals surface area contributed by atoms with Gasteiger partial charge in [-0.05, 0) is 69.0 Å². The quantitative estimate of drug-likeness (QED) is 0.462. The third-order valence-electron chi connectivity index (χ3n) is 5.37. The molecule has 7 nitrogen and oxygen atoms in total. The molecule has 2 aliphatic heterocycles. The molecule has 0 saturated heterocycles. The summed E-state index contributed by atoms with van der Waals surface area (Å²) < 4.78 is 34.6. The SMILES string of the molecule is COc1cc(CNCc2ccc3c(c2)OCO3)cc(Br)c1OCc1ccc2c(c1)OCCO2. The van der Waals surface area contributed by atoms with Gasteiger partial charge in [0.25, 0.3) is 0 Å². The molecular formula is C25H24BrNO6. The summed E-state index contributed by atoms with van der Waals surface area (Å²) in [5, 5.41) is 3.45. The molecule has 0 amide bonds. The number of nitrogens with one attached hydrogen (secondary N) is 1. The van der Waals surface area contributed by atoms with Gasteiger partial charge in [0, 0.05) is 13.1 Å². The van der Waals surface area contributed by atoms with Gasteiger partial charge in [-0.25, -0.2) is 0 Å². The van der Waals surface area contributed by atoms with Crippen LogP contribution in [0.5, 0.6) is 34.5 Å². The van der Waals surface area contributed by atoms with Crippen molar-refractivity contribution in [1.82, 2.24) is 5.32 Å². The Kier molecular flexibility index (Phi) is 6.46. The molecule has 0 aromatic heterocycles. The Labute approximate surface area is 200 Å². The molecule has 1 N–H and O–H groups in total. The zero-order chi connectivity index (χ0) is 22.6. The lowest BCUT2D eigenvalue weighted by atomic mass is 10.1. The van der Waals surface area contributed by atoms with Crippen LogP contribution in [0.2, 0.25) is 0 Å². The van der Waals surface area contributed by atoms with E-state index in [0.29, 0.717) is 44.4 Å². The normalized spacial score (nSPS) is 13.6. The zero-order valence-electron chi connectivity index (χ0n) is 18.2. The lowest BCUT2D eigenvalue weighted by molar-refractivity contribution is 0.171. The second-order valence-corrected chi connectivity index (χ2v) is 8.52. The molecule has 3 aromatic rings. The fourth-order valence-corrected chi connectivity index (χ4v) is 4.35. The van der Waals surface area contributed by atoms with Gasteiger partial charge >= 0.3 is 0 Å². The average Bonchev–Trinajstić information content (AvgIpc) is 3.31. The molecule has 0 unspecified atom stereocenters. The summed E-state index contributed by atoms with van der Waals surface area (Å²) in [5.74, 6) is 4.42. The lowest BCUT2D eigenvalue weighted by Crippen LogP contribution is -2.15. The third-order valence-corrected chi connectivity index (χ3v) is 5.96. The van der Waals surface area contributed by atoms with Gasteiger partial charge < -0.3 is 33.7 Å². The fourth-order valence-electron chi connectivity index (χ4n) is 3.75. The smallest absolute Gasteiger partial charge is 0.231 e. The van der Waals surface area contributed by atoms with E-state index in [0.717, 1.165) is 44.2 Å². The van der Waals surface area contributed by atoms with Crippen LogP contribution in [-0.2, 0) is 19.7 Å². The second kappa shape index (κ2) is 9.80. The number of fused-ring (bicyclic) bond motifs is 2. The Morgan fingerprint density at radius 2 is 1.45 bits per heavy atom. The van der Waals surface area contributed by atoms with E-state index < -0.39 is 0 Å². The monoisotopic (exact) mass is 513 g/mol. The van der Waals surface area contributed by atoms with Gasteiger partial charge in [-0.15, -0.1) is 0 Å². The molecule has 8 heteroatoms. The van der Waals surface area contributed by atoms with Gasteiger partial charge in [0.05, 0.1) is 11.6 Å². The van der Waals surface area contributed by atoms with Crippen molar-refractivity contribution in [1.29, 1.82) is 0 Å². The van der Waals surface area contributed by atoms with Crippen molar-refractivity contribution in [3.8, 4) is 34.5 Å². The highest BCUT2D eigenvalue weighted by atomic mass is 79.9. The Hall–Kier alpha value is -3.10. The van der Waals surface area contributed by atoms with Crippen LogP contribution in [-0.4, -0.2) is 27.1 Å². The Balaban J connectivity index is 1.21. The lowest BCUT2D eigenvalue weighted by Gasteiger charge is -2.19. The zero-order valence-corrected chi connectivity index (χ0v) is 19.8. The standard InChI is InChI=1S/C25H24BrNO6/c1-28-24-11-18(13-27-12-16-2-4-21-23(9-16)33-15-32-21)8-19(26)25(24)31-14-17-3-5-20-22(10-17)30-7-6-29-20/h2-5,8-11,27H,6-7,12-15H2,1H3. The van der Waals surface area contributed by atoms with Gasteiger partial charge in [-0.2, -0.15) is 0 Å². The first-order chi connectivity index (χ1) is 16.2. The molecule has 172 valence electrons. The first-order valence-electron chi connectivity index (χ1n) is 10.7. The van der Waals surface area contributed by atoms with Crippen molar-refractivity contribution in [2.24, 2.45) is 0 Å². The summed E-state index contributed by atoms with van der Waals surface area (Å²) in [5.41, 5.74) is 3.19. The summed E-state index contributed by atoms with van der Waals surface area (Å²) >= 11 is 3.64. The van der Waals surface area contributed by atoms with Gasteiger partial charge in [0.1, 0.15) is 19.8 Å². The van der Waals surface area contributed by atoms with Crippen molar-refractivity contribution >= 4 is 15.9 Å². The second-order valence-electron chi connectivity index (χ2n) is 7.67. The van der Waals surface area contributed by atoms with E-state index in [1.165, 1.54) is 0 Å². The van der Waals surface area contributed by atoms with Crippen molar-refractivity contribution < 1.29 is 28.4 Å². The summed E-state index contributed by atoms with van der Waals surface area (Å²) in [6, 6.07) is 15.8. The number of benzene rings is 3. The van der Waals surface area contributed by atoms with Gasteiger partial charge in [0.2, 0.25) is 6.79 Å². The fraction of sp³-hybridized carbons (Fsp3) is 0.280. The molecule has 0 aliphatic carbocycles. The highest BCUT2D eigenvalue weighted by Crippen LogP contribution is 2.38. The Morgan fingerprint density at radius 3 is 2.30 bits per heavy atom. The molecule has 3 aromatic carbocycles. The molecule has 33 heavy (non-hydrogen) atoms. The molecule has 0 saturated carbocycles. The molecule has 2 aliphatic rings. The number of methoxy groups -OCH3 is 1. The highest BCUT2D eigenvalue weighted by Gasteiger charge is 2.16. The van der Waals surface area contributed by atoms with E-state index in [2.05, 4.69) is 21.2 Å². The van der Waals surface area contributed by atoms with Crippen LogP contribution in [0.4, 0.5) is 0 Å². The van der Waals surface area contributed by atoms with Gasteiger partial charge in [-0.3, -0.25) is 0 Å². The van der Waals surface area contributed by atoms with E-state index in [1.807, 2.05) is 48.5 Å². The van der Waals surface area contributed by atoms with Crippen LogP contribution in [0.25, 0.3) is 0 Å². The minimum Gasteiger partial charge on any atom is -0.493 e. The van der Waals surface area contributed by atoms with Crippen LogP contribution < -0.4 is 33.7 Å². The molecule has 0 radical (unpaired) electrons. The number of halogens is 1. The maximum absolute atomic E-state index is 6.09. The average molecular weight is 514 g/mol. The number of hydrogen-bond acceptors (Lipinski definition) is 7. The molecule has 0 spiro atoms. The van der Waals surface area contributed by atoms with Crippen LogP contribution >= 0.6 is 15.9 Å². The minimum absolute atomic E-state index is 0.281. The third kappa shape index (κ3) is 4.96. The van der Waals surface area contributed by atoms with Gasteiger partial charge in [0.15, 0.2) is 34.5 Å². The molecule has 0 fully saturated rings. The topological polar surface area (TPSA) is 67.4 Å². The van der Waals surface area contributed by atoms with Crippen molar-refractivity contribution in [3.63, 3.8) is 0 Å². The largest absolute Gasteiger partial charge is 0.493 e. The number of hydrogen-bond donors (Lipinski definition) is 1. The van der Waals surface area contributed by atoms with E-state index in [-0.39, 0.29) is 6.79 Å². The maximum atomic E-state index is 6.09. The number of ether oxygens (including phenoxy) is 6. The summed E-state index contributed by atoms with van der Waals surface area (Å²) in [4.78, 5) is 0. The first-order valence-corrected chi connectivity index (χ1v) is 11.5. The van der Waals surface area contributed by atoms with Crippen LogP contribution in [0.15, 0.2) is 53.0 Å². The predicted molar refractivity (Wildman–Crippen MR) is 126 cm³/mol. The van der Waals surface area contributed by atoms with Crippen molar-refractivity contribution in [3.05, 3.63) is 69.7 Å². The molecule has 2 heterocycles. The highest BCUT2D eigenvalue weighted by molar-refractivity contribution is 9.10. The molecule has 5 rings (SSSR count). The minimum atomic E-state index is 0.281. The molecule has 0 atom stereocenters. The predicted octanol–water partition coefficient (Wildman–Crippen LogP) is 4.83. The van der Waals surface area contributed by atoms with E-state index in [1.54, 1.807) is 7.11 Å². The Morgan fingerprint density at radius 1 is 0.788 bits per heavy atom. The van der Waals surface area contributed by atoms with Crippen LogP contribution in [0.3, 0.4) is 0 Å². The summed E-state index contributed by atoms with van der Waals surface area (Å²) in [7, 11) is 1.64. The maximum Gasteiger partial charge on any atom is 0.231 e. The van der Waals surface area contributed by atoms with Crippen molar-refractivity contribution in [2.75, 3.05) is 27.1 Å². The Bertz CT molecular complexity index is 1150. The molecule has 0 bridgehead atoms. The van der Waals surface area contributed by atoms with E-state index in [9.17, 15) is 0 Å². The number of rotatable bonds is 8. The van der Waals surface area contributed by atoms with Crippen LogP contribution in [0, 0.1) is 0 Å². The van der Waals surface area contributed by atoms with Crippen molar-refractivity contribution in [2.45, 2.75) is 19.7 Å². The summed E-state index contributed by atoms with van der Waals surface area (Å²) in [6.45, 7) is 3.17. The van der Waals surface area contributed by atoms with E-state index >= 15 is 0 Å². The van der Waals surface area contributed by atoms with E-state index in [4.69, 9.17) is 28.4 Å². The first kappa shape index (κ1) is 21.7. The molecular weight excluding hydrogens is 490 g/mol. The van der Waals surface area contributed by atoms with Crippen LogP contribution in [0.1, 0.15) is 16.7 Å². The summed E-state index contributed by atoms with van der Waals surface area (Å²) in [6.07, 6.45) is 0. The van der Waals surface area contributed by atoms with Gasteiger partial charge in [-0.1, -0.05) is 12.1 Å².